The van der Waals surface area contributed by atoms with Gasteiger partial charge in [-0.05, 0) is 62.4 Å². The number of hydrogen-bond acceptors (Lipinski definition) is 2. The summed E-state index contributed by atoms with van der Waals surface area (Å²) >= 11 is 6.12. The van der Waals surface area contributed by atoms with Gasteiger partial charge in [0.05, 0.1) is 6.61 Å². The predicted octanol–water partition coefficient (Wildman–Crippen LogP) is 4.36. The highest BCUT2D eigenvalue weighted by Gasteiger charge is 2.15. The fraction of sp³-hybridized carbons (Fsp3) is 0.600. The molecule has 102 valence electrons. The highest BCUT2D eigenvalue weighted by molar-refractivity contribution is 6.30. The second-order valence-corrected chi connectivity index (χ2v) is 4.97. The lowest BCUT2D eigenvalue weighted by Crippen LogP contribution is -2.07. The Bertz CT molecular complexity index is 354. The molecule has 1 unspecified atom stereocenters. The molecule has 18 heavy (non-hydrogen) atoms. The van der Waals surface area contributed by atoms with Crippen molar-refractivity contribution in [2.75, 3.05) is 13.2 Å². The molecule has 0 aliphatic carbocycles. The van der Waals surface area contributed by atoms with Crippen molar-refractivity contribution in [2.24, 2.45) is 5.73 Å². The molecule has 0 heterocycles. The predicted molar refractivity (Wildman–Crippen MR) is 78.6 cm³/mol. The van der Waals surface area contributed by atoms with E-state index in [0.29, 0.717) is 12.5 Å². The minimum absolute atomic E-state index is 0.499. The van der Waals surface area contributed by atoms with Crippen LogP contribution < -0.4 is 10.5 Å². The topological polar surface area (TPSA) is 35.2 Å². The molecule has 1 atom stereocenters. The number of hydrogen-bond donors (Lipinski definition) is 1. The Labute approximate surface area is 115 Å². The van der Waals surface area contributed by atoms with Gasteiger partial charge in [0.2, 0.25) is 0 Å². The van der Waals surface area contributed by atoms with Crippen LogP contribution in [0.2, 0.25) is 5.02 Å². The van der Waals surface area contributed by atoms with E-state index in [4.69, 9.17) is 22.1 Å². The van der Waals surface area contributed by atoms with Crippen molar-refractivity contribution in [1.29, 1.82) is 0 Å². The van der Waals surface area contributed by atoms with Gasteiger partial charge in [-0.25, -0.2) is 0 Å². The van der Waals surface area contributed by atoms with Crippen molar-refractivity contribution in [2.45, 2.75) is 45.4 Å². The standard InChI is InChI=1S/C15H24ClNO/c1-3-6-12(7-5-10-17)14-11-13(16)8-9-15(14)18-4-2/h8-9,11-12H,3-7,10,17H2,1-2H3. The molecule has 0 amide bonds. The maximum atomic E-state index is 6.12. The molecule has 1 rings (SSSR count). The van der Waals surface area contributed by atoms with Crippen molar-refractivity contribution < 1.29 is 4.74 Å². The molecule has 0 aromatic heterocycles. The fourth-order valence-corrected chi connectivity index (χ4v) is 2.47. The van der Waals surface area contributed by atoms with E-state index in [1.54, 1.807) is 0 Å². The zero-order valence-electron chi connectivity index (χ0n) is 11.4. The molecular weight excluding hydrogens is 246 g/mol. The average molecular weight is 270 g/mol. The van der Waals surface area contributed by atoms with Crippen LogP contribution in [-0.4, -0.2) is 13.2 Å². The first-order chi connectivity index (χ1) is 8.72. The second kappa shape index (κ2) is 8.39. The van der Waals surface area contributed by atoms with Crippen molar-refractivity contribution in [3.05, 3.63) is 28.8 Å². The first kappa shape index (κ1) is 15.3. The minimum atomic E-state index is 0.499. The SMILES string of the molecule is CCCC(CCCN)c1cc(Cl)ccc1OCC. The van der Waals surface area contributed by atoms with Gasteiger partial charge in [-0.15, -0.1) is 0 Å². The lowest BCUT2D eigenvalue weighted by atomic mass is 9.89. The first-order valence-corrected chi connectivity index (χ1v) is 7.23. The Hall–Kier alpha value is -0.730. The number of benzene rings is 1. The maximum absolute atomic E-state index is 6.12. The summed E-state index contributed by atoms with van der Waals surface area (Å²) in [6, 6.07) is 5.91. The van der Waals surface area contributed by atoms with Gasteiger partial charge in [-0.3, -0.25) is 0 Å². The number of nitrogens with two attached hydrogens (primary N) is 1. The molecule has 0 aliphatic heterocycles. The molecule has 1 aromatic rings. The Kier molecular flexibility index (Phi) is 7.14. The fourth-order valence-electron chi connectivity index (χ4n) is 2.29. The van der Waals surface area contributed by atoms with Crippen molar-refractivity contribution in [3.8, 4) is 5.75 Å². The van der Waals surface area contributed by atoms with E-state index >= 15 is 0 Å². The molecule has 2 N–H and O–H groups in total. The maximum Gasteiger partial charge on any atom is 0.122 e. The number of rotatable bonds is 8. The molecule has 0 radical (unpaired) electrons. The van der Waals surface area contributed by atoms with Gasteiger partial charge in [-0.1, -0.05) is 24.9 Å². The van der Waals surface area contributed by atoms with E-state index in [0.717, 1.165) is 43.0 Å². The zero-order valence-corrected chi connectivity index (χ0v) is 12.2. The summed E-state index contributed by atoms with van der Waals surface area (Å²) in [5.74, 6) is 1.47. The summed E-state index contributed by atoms with van der Waals surface area (Å²) in [4.78, 5) is 0. The van der Waals surface area contributed by atoms with Crippen LogP contribution in [0.5, 0.6) is 5.75 Å². The third kappa shape index (κ3) is 4.51. The van der Waals surface area contributed by atoms with E-state index in [1.165, 1.54) is 5.56 Å². The summed E-state index contributed by atoms with van der Waals surface area (Å²) in [6.45, 7) is 5.64. The molecule has 0 saturated heterocycles. The summed E-state index contributed by atoms with van der Waals surface area (Å²) in [7, 11) is 0. The number of ether oxygens (including phenoxy) is 1. The average Bonchev–Trinajstić information content (AvgIpc) is 2.37. The highest BCUT2D eigenvalue weighted by atomic mass is 35.5. The Morgan fingerprint density at radius 1 is 1.28 bits per heavy atom. The quantitative estimate of drug-likeness (QED) is 0.761. The summed E-state index contributed by atoms with van der Waals surface area (Å²) in [5.41, 5.74) is 6.86. The van der Waals surface area contributed by atoms with Crippen LogP contribution in [-0.2, 0) is 0 Å². The normalized spacial score (nSPS) is 12.4. The van der Waals surface area contributed by atoms with Gasteiger partial charge in [0.1, 0.15) is 5.75 Å². The lowest BCUT2D eigenvalue weighted by Gasteiger charge is -2.20. The summed E-state index contributed by atoms with van der Waals surface area (Å²) in [5, 5.41) is 0.780. The molecule has 0 aliphatic rings. The highest BCUT2D eigenvalue weighted by Crippen LogP contribution is 2.35. The van der Waals surface area contributed by atoms with Gasteiger partial charge in [-0.2, -0.15) is 0 Å². The van der Waals surface area contributed by atoms with Crippen LogP contribution in [0.25, 0.3) is 0 Å². The van der Waals surface area contributed by atoms with Gasteiger partial charge in [0.15, 0.2) is 0 Å². The third-order valence-electron chi connectivity index (χ3n) is 3.11. The lowest BCUT2D eigenvalue weighted by molar-refractivity contribution is 0.332. The largest absolute Gasteiger partial charge is 0.494 e. The van der Waals surface area contributed by atoms with E-state index in [2.05, 4.69) is 6.92 Å². The van der Waals surface area contributed by atoms with Crippen molar-refractivity contribution in [3.63, 3.8) is 0 Å². The van der Waals surface area contributed by atoms with E-state index in [-0.39, 0.29) is 0 Å². The monoisotopic (exact) mass is 269 g/mol. The van der Waals surface area contributed by atoms with Gasteiger partial charge < -0.3 is 10.5 Å². The molecule has 0 fully saturated rings. The first-order valence-electron chi connectivity index (χ1n) is 6.85. The number of halogens is 1. The Balaban J connectivity index is 2.95. The van der Waals surface area contributed by atoms with Crippen LogP contribution in [0.1, 0.15) is 51.0 Å². The van der Waals surface area contributed by atoms with Crippen LogP contribution in [0.4, 0.5) is 0 Å². The van der Waals surface area contributed by atoms with E-state index < -0.39 is 0 Å². The molecular formula is C15H24ClNO. The molecule has 0 saturated carbocycles. The van der Waals surface area contributed by atoms with Crippen LogP contribution >= 0.6 is 11.6 Å². The summed E-state index contributed by atoms with van der Waals surface area (Å²) < 4.78 is 5.71. The Morgan fingerprint density at radius 3 is 2.67 bits per heavy atom. The van der Waals surface area contributed by atoms with Crippen molar-refractivity contribution >= 4 is 11.6 Å². The van der Waals surface area contributed by atoms with E-state index in [1.807, 2.05) is 25.1 Å². The van der Waals surface area contributed by atoms with Crippen LogP contribution in [0, 0.1) is 0 Å². The Morgan fingerprint density at radius 2 is 2.06 bits per heavy atom. The van der Waals surface area contributed by atoms with Crippen LogP contribution in [0.15, 0.2) is 18.2 Å². The molecule has 0 spiro atoms. The van der Waals surface area contributed by atoms with Crippen molar-refractivity contribution in [1.82, 2.24) is 0 Å². The van der Waals surface area contributed by atoms with Gasteiger partial charge >= 0.3 is 0 Å². The summed E-state index contributed by atoms with van der Waals surface area (Å²) in [6.07, 6.45) is 4.46. The molecule has 3 heteroatoms. The smallest absolute Gasteiger partial charge is 0.122 e. The third-order valence-corrected chi connectivity index (χ3v) is 3.34. The van der Waals surface area contributed by atoms with E-state index in [9.17, 15) is 0 Å². The minimum Gasteiger partial charge on any atom is -0.494 e. The molecule has 0 bridgehead atoms. The van der Waals surface area contributed by atoms with Crippen LogP contribution in [0.3, 0.4) is 0 Å². The zero-order chi connectivity index (χ0) is 13.4. The second-order valence-electron chi connectivity index (χ2n) is 4.53. The molecule has 2 nitrogen and oxygen atoms in total. The van der Waals surface area contributed by atoms with Gasteiger partial charge in [0.25, 0.3) is 0 Å². The molecule has 1 aromatic carbocycles. The van der Waals surface area contributed by atoms with Gasteiger partial charge in [0, 0.05) is 5.02 Å².